The zero-order valence-electron chi connectivity index (χ0n) is 10.5. The van der Waals surface area contributed by atoms with E-state index < -0.39 is 0 Å². The molecule has 2 aromatic heterocycles. The van der Waals surface area contributed by atoms with E-state index in [9.17, 15) is 5.21 Å². The first-order valence-electron chi connectivity index (χ1n) is 6.26. The molecule has 0 amide bonds. The summed E-state index contributed by atoms with van der Waals surface area (Å²) in [4.78, 5) is 0. The number of hydrogen-bond donors (Lipinski definition) is 0. The van der Waals surface area contributed by atoms with E-state index in [0.29, 0.717) is 5.52 Å². The SMILES string of the molecule is Cn1c2ccccc2c2c1cc1ccccc1[n+]2[O-]. The van der Waals surface area contributed by atoms with Crippen molar-refractivity contribution in [2.45, 2.75) is 0 Å². The van der Waals surface area contributed by atoms with Crippen LogP contribution in [0.3, 0.4) is 0 Å². The van der Waals surface area contributed by atoms with Gasteiger partial charge in [-0.25, -0.2) is 0 Å². The van der Waals surface area contributed by atoms with E-state index in [1.54, 1.807) is 0 Å². The van der Waals surface area contributed by atoms with Gasteiger partial charge in [0.25, 0.3) is 0 Å². The maximum atomic E-state index is 12.6. The van der Waals surface area contributed by atoms with Gasteiger partial charge in [-0.05, 0) is 24.3 Å². The molecule has 0 aliphatic carbocycles. The van der Waals surface area contributed by atoms with Crippen LogP contribution in [0.2, 0.25) is 0 Å². The molecule has 0 aliphatic rings. The summed E-state index contributed by atoms with van der Waals surface area (Å²) >= 11 is 0. The van der Waals surface area contributed by atoms with E-state index in [0.717, 1.165) is 32.1 Å². The number of aromatic nitrogens is 2. The lowest BCUT2D eigenvalue weighted by atomic mass is 10.2. The number of para-hydroxylation sites is 2. The number of benzene rings is 2. The zero-order chi connectivity index (χ0) is 13.0. The highest BCUT2D eigenvalue weighted by atomic mass is 16.5. The van der Waals surface area contributed by atoms with Crippen LogP contribution in [0.25, 0.3) is 32.8 Å². The summed E-state index contributed by atoms with van der Waals surface area (Å²) in [7, 11) is 2.00. The lowest BCUT2D eigenvalue weighted by Crippen LogP contribution is -2.27. The molecule has 0 aliphatic heterocycles. The van der Waals surface area contributed by atoms with Gasteiger partial charge in [-0.2, -0.15) is 4.73 Å². The van der Waals surface area contributed by atoms with Gasteiger partial charge in [-0.1, -0.05) is 24.3 Å². The summed E-state index contributed by atoms with van der Waals surface area (Å²) in [6.45, 7) is 0. The second-order valence-corrected chi connectivity index (χ2v) is 4.81. The Kier molecular flexibility index (Phi) is 1.90. The van der Waals surface area contributed by atoms with Crippen LogP contribution in [-0.4, -0.2) is 4.57 Å². The number of nitrogens with zero attached hydrogens (tertiary/aromatic N) is 2. The van der Waals surface area contributed by atoms with Crippen molar-refractivity contribution in [3.05, 3.63) is 59.8 Å². The Balaban J connectivity index is 2.38. The largest absolute Gasteiger partial charge is 0.618 e. The van der Waals surface area contributed by atoms with Crippen molar-refractivity contribution in [3.8, 4) is 0 Å². The fraction of sp³-hybridized carbons (Fsp3) is 0.0625. The summed E-state index contributed by atoms with van der Waals surface area (Å²) in [5.41, 5.74) is 3.51. The molecule has 0 spiro atoms. The monoisotopic (exact) mass is 248 g/mol. The molecule has 0 saturated carbocycles. The molecule has 0 saturated heterocycles. The predicted octanol–water partition coefficient (Wildman–Crippen LogP) is 3.12. The normalized spacial score (nSPS) is 11.6. The first-order chi connectivity index (χ1) is 9.27. The van der Waals surface area contributed by atoms with Crippen LogP contribution in [0.15, 0.2) is 54.6 Å². The fourth-order valence-electron chi connectivity index (χ4n) is 2.83. The smallest absolute Gasteiger partial charge is 0.250 e. The molecule has 19 heavy (non-hydrogen) atoms. The van der Waals surface area contributed by atoms with Gasteiger partial charge in [0.2, 0.25) is 11.0 Å². The summed E-state index contributed by atoms with van der Waals surface area (Å²) < 4.78 is 3.12. The Morgan fingerprint density at radius 3 is 2.58 bits per heavy atom. The number of pyridine rings is 1. The van der Waals surface area contributed by atoms with Gasteiger partial charge in [0.1, 0.15) is 5.52 Å². The molecule has 0 unspecified atom stereocenters. The molecule has 0 atom stereocenters. The minimum atomic E-state index is 0.714. The van der Waals surface area contributed by atoms with Crippen LogP contribution in [-0.2, 0) is 7.05 Å². The van der Waals surface area contributed by atoms with Crippen molar-refractivity contribution in [2.24, 2.45) is 7.05 Å². The Morgan fingerprint density at radius 1 is 0.947 bits per heavy atom. The standard InChI is InChI=1S/C16H12N2O/c1-17-14-9-5-3-7-12(14)16-15(17)10-11-6-2-4-8-13(11)18(16)19/h2-10H,1H3. The molecule has 4 rings (SSSR count). The van der Waals surface area contributed by atoms with Crippen molar-refractivity contribution in [1.29, 1.82) is 0 Å². The maximum Gasteiger partial charge on any atom is 0.250 e. The van der Waals surface area contributed by atoms with Crippen molar-refractivity contribution < 1.29 is 4.73 Å². The average Bonchev–Trinajstić information content (AvgIpc) is 2.74. The molecule has 0 fully saturated rings. The first-order valence-corrected chi connectivity index (χ1v) is 6.26. The van der Waals surface area contributed by atoms with E-state index in [1.165, 1.54) is 0 Å². The third-order valence-corrected chi connectivity index (χ3v) is 3.78. The molecule has 0 bridgehead atoms. The Bertz CT molecular complexity index is 938. The van der Waals surface area contributed by atoms with E-state index in [-0.39, 0.29) is 0 Å². The van der Waals surface area contributed by atoms with Gasteiger partial charge < -0.3 is 9.77 Å². The highest BCUT2D eigenvalue weighted by Gasteiger charge is 2.17. The summed E-state index contributed by atoms with van der Waals surface area (Å²) in [5, 5.41) is 14.6. The molecule has 3 heteroatoms. The molecule has 2 aromatic carbocycles. The molecule has 2 heterocycles. The summed E-state index contributed by atoms with van der Waals surface area (Å²) in [6.07, 6.45) is 0. The maximum absolute atomic E-state index is 12.6. The second-order valence-electron chi connectivity index (χ2n) is 4.81. The quantitative estimate of drug-likeness (QED) is 0.347. The number of rotatable bonds is 0. The van der Waals surface area contributed by atoms with Crippen LogP contribution in [0, 0.1) is 5.21 Å². The highest BCUT2D eigenvalue weighted by Crippen LogP contribution is 2.27. The van der Waals surface area contributed by atoms with Crippen molar-refractivity contribution >= 4 is 32.8 Å². The van der Waals surface area contributed by atoms with Crippen molar-refractivity contribution in [1.82, 2.24) is 4.57 Å². The molecular formula is C16H12N2O. The van der Waals surface area contributed by atoms with Crippen molar-refractivity contribution in [2.75, 3.05) is 0 Å². The van der Waals surface area contributed by atoms with Gasteiger partial charge in [0.15, 0.2) is 0 Å². The zero-order valence-corrected chi connectivity index (χ0v) is 10.5. The Hall–Kier alpha value is -2.55. The number of aryl methyl sites for hydroxylation is 1. The van der Waals surface area contributed by atoms with Gasteiger partial charge >= 0.3 is 0 Å². The van der Waals surface area contributed by atoms with E-state index in [1.807, 2.05) is 55.6 Å². The molecule has 92 valence electrons. The third-order valence-electron chi connectivity index (χ3n) is 3.78. The van der Waals surface area contributed by atoms with Crippen LogP contribution in [0.5, 0.6) is 0 Å². The lowest BCUT2D eigenvalue weighted by Gasteiger charge is -2.04. The van der Waals surface area contributed by atoms with Crippen molar-refractivity contribution in [3.63, 3.8) is 0 Å². The topological polar surface area (TPSA) is 31.9 Å². The van der Waals surface area contributed by atoms with E-state index in [2.05, 4.69) is 10.6 Å². The average molecular weight is 248 g/mol. The number of hydrogen-bond acceptors (Lipinski definition) is 1. The summed E-state index contributed by atoms with van der Waals surface area (Å²) in [6, 6.07) is 17.8. The molecule has 0 N–H and O–H groups in total. The van der Waals surface area contributed by atoms with Crippen LogP contribution in [0.1, 0.15) is 0 Å². The molecule has 4 aromatic rings. The summed E-state index contributed by atoms with van der Waals surface area (Å²) in [5.74, 6) is 0. The number of fused-ring (bicyclic) bond motifs is 4. The Morgan fingerprint density at radius 2 is 1.68 bits per heavy atom. The predicted molar refractivity (Wildman–Crippen MR) is 76.9 cm³/mol. The van der Waals surface area contributed by atoms with E-state index in [4.69, 9.17) is 0 Å². The third kappa shape index (κ3) is 1.24. The van der Waals surface area contributed by atoms with Gasteiger partial charge in [0, 0.05) is 18.5 Å². The first kappa shape index (κ1) is 10.4. The minimum absolute atomic E-state index is 0.714. The lowest BCUT2D eigenvalue weighted by molar-refractivity contribution is -0.546. The van der Waals surface area contributed by atoms with Crippen LogP contribution < -0.4 is 4.73 Å². The molecule has 3 nitrogen and oxygen atoms in total. The fourth-order valence-corrected chi connectivity index (χ4v) is 2.83. The van der Waals surface area contributed by atoms with Crippen LogP contribution >= 0.6 is 0 Å². The van der Waals surface area contributed by atoms with E-state index >= 15 is 0 Å². The Labute approximate surface area is 109 Å². The van der Waals surface area contributed by atoms with Crippen LogP contribution in [0.4, 0.5) is 0 Å². The molecule has 0 radical (unpaired) electrons. The highest BCUT2D eigenvalue weighted by molar-refractivity contribution is 6.06. The van der Waals surface area contributed by atoms with Gasteiger partial charge in [-0.3, -0.25) is 0 Å². The van der Waals surface area contributed by atoms with Gasteiger partial charge in [-0.15, -0.1) is 0 Å². The van der Waals surface area contributed by atoms with Gasteiger partial charge in [0.05, 0.1) is 10.9 Å². The molecular weight excluding hydrogens is 236 g/mol. The minimum Gasteiger partial charge on any atom is -0.618 e. The second kappa shape index (κ2) is 3.48.